The van der Waals surface area contributed by atoms with E-state index in [0.29, 0.717) is 0 Å². The highest BCUT2D eigenvalue weighted by Crippen LogP contribution is 2.37. The third kappa shape index (κ3) is 2.65. The average Bonchev–Trinajstić information content (AvgIpc) is 2.51. The number of nitrogens with zero attached hydrogens (tertiary/aromatic N) is 1. The minimum absolute atomic E-state index is 0.751. The lowest BCUT2D eigenvalue weighted by Gasteiger charge is -2.13. The molecule has 0 bridgehead atoms. The summed E-state index contributed by atoms with van der Waals surface area (Å²) in [4.78, 5) is 6.20. The fourth-order valence-corrected chi connectivity index (χ4v) is 3.89. The fraction of sp³-hybridized carbons (Fsp3) is 0.786. The van der Waals surface area contributed by atoms with Crippen LogP contribution in [-0.2, 0) is 0 Å². The second kappa shape index (κ2) is 5.31. The summed E-state index contributed by atoms with van der Waals surface area (Å²) < 4.78 is 0. The molecule has 0 radical (unpaired) electrons. The molecule has 1 nitrogen and oxygen atoms in total. The normalized spacial score (nSPS) is 26.7. The van der Waals surface area contributed by atoms with Crippen LogP contribution in [0.4, 0.5) is 0 Å². The third-order valence-electron chi connectivity index (χ3n) is 3.99. The van der Waals surface area contributed by atoms with Gasteiger partial charge in [0.2, 0.25) is 0 Å². The van der Waals surface area contributed by atoms with Gasteiger partial charge < -0.3 is 0 Å². The van der Waals surface area contributed by atoms with E-state index in [1.54, 1.807) is 0 Å². The molecular weight excluding hydrogens is 214 g/mol. The highest BCUT2D eigenvalue weighted by Gasteiger charge is 2.22. The Balaban J connectivity index is 2.07. The summed E-state index contributed by atoms with van der Waals surface area (Å²) in [6.45, 7) is 6.71. The number of hydrogen-bond donors (Lipinski definition) is 0. The van der Waals surface area contributed by atoms with Crippen LogP contribution in [0.2, 0.25) is 0 Å². The Labute approximate surface area is 103 Å². The first-order chi connectivity index (χ1) is 7.70. The lowest BCUT2D eigenvalue weighted by atomic mass is 9.94. The Hall–Kier alpha value is -0.370. The molecule has 0 amide bonds. The average molecular weight is 237 g/mol. The summed E-state index contributed by atoms with van der Waals surface area (Å²) in [5.41, 5.74) is 1.42. The van der Waals surface area contributed by atoms with Gasteiger partial charge in [-0.25, -0.2) is 4.98 Å². The zero-order valence-electron chi connectivity index (χ0n) is 10.8. The zero-order valence-corrected chi connectivity index (χ0v) is 11.6. The van der Waals surface area contributed by atoms with E-state index in [4.69, 9.17) is 4.98 Å². The number of aromatic nitrogens is 1. The molecule has 0 aromatic carbocycles. The summed E-state index contributed by atoms with van der Waals surface area (Å²) in [5, 5.41) is 1.24. The fourth-order valence-electron chi connectivity index (χ4n) is 2.98. The van der Waals surface area contributed by atoms with Crippen molar-refractivity contribution >= 4 is 11.3 Å². The number of hydrogen-bond acceptors (Lipinski definition) is 2. The topological polar surface area (TPSA) is 12.9 Å². The molecule has 1 aromatic rings. The molecule has 1 saturated carbocycles. The highest BCUT2D eigenvalue weighted by molar-refractivity contribution is 7.11. The zero-order chi connectivity index (χ0) is 11.5. The van der Waals surface area contributed by atoms with Gasteiger partial charge in [0.25, 0.3) is 0 Å². The molecule has 2 heteroatoms. The SMILES string of the molecule is CCC1CCCC(c2nc(C)sc2C)CC1. The lowest BCUT2D eigenvalue weighted by Crippen LogP contribution is -2.00. The van der Waals surface area contributed by atoms with Crippen LogP contribution in [0.5, 0.6) is 0 Å². The Bertz CT molecular complexity index is 343. The quantitative estimate of drug-likeness (QED) is 0.671. The van der Waals surface area contributed by atoms with E-state index in [1.807, 2.05) is 11.3 Å². The van der Waals surface area contributed by atoms with Gasteiger partial charge in [0.1, 0.15) is 0 Å². The van der Waals surface area contributed by atoms with E-state index in [2.05, 4.69) is 20.8 Å². The van der Waals surface area contributed by atoms with Crippen molar-refractivity contribution < 1.29 is 0 Å². The van der Waals surface area contributed by atoms with Crippen LogP contribution in [0, 0.1) is 19.8 Å². The molecule has 1 aliphatic rings. The number of rotatable bonds is 2. The first-order valence-corrected chi connectivity index (χ1v) is 7.46. The Kier molecular flexibility index (Phi) is 4.01. The van der Waals surface area contributed by atoms with Gasteiger partial charge in [-0.3, -0.25) is 0 Å². The van der Waals surface area contributed by atoms with E-state index < -0.39 is 0 Å². The van der Waals surface area contributed by atoms with Gasteiger partial charge in [-0.2, -0.15) is 0 Å². The molecular formula is C14H23NS. The van der Waals surface area contributed by atoms with Crippen molar-refractivity contribution in [3.8, 4) is 0 Å². The molecule has 0 saturated heterocycles. The number of thiazole rings is 1. The standard InChI is InChI=1S/C14H23NS/c1-4-12-6-5-7-13(9-8-12)14-10(2)16-11(3)15-14/h12-13H,4-9H2,1-3H3. The minimum atomic E-state index is 0.751. The van der Waals surface area contributed by atoms with Gasteiger partial charge >= 0.3 is 0 Å². The van der Waals surface area contributed by atoms with Gasteiger partial charge in [0.15, 0.2) is 0 Å². The molecule has 0 spiro atoms. The van der Waals surface area contributed by atoms with Crippen molar-refractivity contribution in [3.63, 3.8) is 0 Å². The molecule has 16 heavy (non-hydrogen) atoms. The molecule has 1 heterocycles. The maximum Gasteiger partial charge on any atom is 0.0900 e. The molecule has 1 aliphatic carbocycles. The summed E-state index contributed by atoms with van der Waals surface area (Å²) in [6.07, 6.45) is 8.34. The molecule has 2 atom stereocenters. The highest BCUT2D eigenvalue weighted by atomic mass is 32.1. The van der Waals surface area contributed by atoms with Crippen LogP contribution in [-0.4, -0.2) is 4.98 Å². The van der Waals surface area contributed by atoms with E-state index in [0.717, 1.165) is 11.8 Å². The first kappa shape index (κ1) is 12.1. The summed E-state index contributed by atoms with van der Waals surface area (Å²) in [5.74, 6) is 1.73. The van der Waals surface area contributed by atoms with Crippen LogP contribution in [0.1, 0.15) is 66.9 Å². The van der Waals surface area contributed by atoms with Crippen LogP contribution < -0.4 is 0 Å². The monoisotopic (exact) mass is 237 g/mol. The van der Waals surface area contributed by atoms with Crippen molar-refractivity contribution in [1.29, 1.82) is 0 Å². The van der Waals surface area contributed by atoms with E-state index in [9.17, 15) is 0 Å². The van der Waals surface area contributed by atoms with Gasteiger partial charge in [0.05, 0.1) is 10.7 Å². The molecule has 90 valence electrons. The smallest absolute Gasteiger partial charge is 0.0900 e. The minimum Gasteiger partial charge on any atom is -0.246 e. The van der Waals surface area contributed by atoms with E-state index in [-0.39, 0.29) is 0 Å². The second-order valence-electron chi connectivity index (χ2n) is 5.15. The third-order valence-corrected chi connectivity index (χ3v) is 4.89. The number of aryl methyl sites for hydroxylation is 2. The van der Waals surface area contributed by atoms with Crippen molar-refractivity contribution in [2.75, 3.05) is 0 Å². The maximum atomic E-state index is 4.74. The van der Waals surface area contributed by atoms with Crippen LogP contribution >= 0.6 is 11.3 Å². The molecule has 2 rings (SSSR count). The Morgan fingerprint density at radius 2 is 2.00 bits per heavy atom. The molecule has 1 aromatic heterocycles. The predicted octanol–water partition coefficient (Wildman–Crippen LogP) is 4.83. The van der Waals surface area contributed by atoms with Gasteiger partial charge in [-0.1, -0.05) is 26.2 Å². The summed E-state index contributed by atoms with van der Waals surface area (Å²) in [7, 11) is 0. The molecule has 1 fully saturated rings. The van der Waals surface area contributed by atoms with E-state index in [1.165, 1.54) is 54.1 Å². The van der Waals surface area contributed by atoms with E-state index >= 15 is 0 Å². The van der Waals surface area contributed by atoms with Crippen molar-refractivity contribution in [2.45, 2.75) is 65.2 Å². The Morgan fingerprint density at radius 1 is 1.19 bits per heavy atom. The van der Waals surface area contributed by atoms with Crippen molar-refractivity contribution in [1.82, 2.24) is 4.98 Å². The summed E-state index contributed by atoms with van der Waals surface area (Å²) >= 11 is 1.87. The molecule has 0 aliphatic heterocycles. The maximum absolute atomic E-state index is 4.74. The molecule has 2 unspecified atom stereocenters. The van der Waals surface area contributed by atoms with Gasteiger partial charge in [-0.15, -0.1) is 11.3 Å². The molecule has 0 N–H and O–H groups in total. The van der Waals surface area contributed by atoms with Crippen molar-refractivity contribution in [2.24, 2.45) is 5.92 Å². The van der Waals surface area contributed by atoms with Crippen LogP contribution in [0.25, 0.3) is 0 Å². The van der Waals surface area contributed by atoms with Gasteiger partial charge in [-0.05, 0) is 39.0 Å². The Morgan fingerprint density at radius 3 is 2.62 bits per heavy atom. The van der Waals surface area contributed by atoms with Gasteiger partial charge in [0, 0.05) is 10.8 Å². The largest absolute Gasteiger partial charge is 0.246 e. The van der Waals surface area contributed by atoms with Crippen molar-refractivity contribution in [3.05, 3.63) is 15.6 Å². The predicted molar refractivity (Wildman–Crippen MR) is 71.2 cm³/mol. The summed E-state index contributed by atoms with van der Waals surface area (Å²) in [6, 6.07) is 0. The second-order valence-corrected chi connectivity index (χ2v) is 6.56. The first-order valence-electron chi connectivity index (χ1n) is 6.64. The van der Waals surface area contributed by atoms with Crippen LogP contribution in [0.3, 0.4) is 0 Å². The van der Waals surface area contributed by atoms with Crippen LogP contribution in [0.15, 0.2) is 0 Å². The lowest BCUT2D eigenvalue weighted by molar-refractivity contribution is 0.443.